The van der Waals surface area contributed by atoms with E-state index in [-0.39, 0.29) is 35.9 Å². The summed E-state index contributed by atoms with van der Waals surface area (Å²) < 4.78 is 32.2. The number of piperidine rings is 1. The molecule has 0 spiro atoms. The molecule has 2 aliphatic rings. The van der Waals surface area contributed by atoms with Crippen LogP contribution >= 0.6 is 11.6 Å². The van der Waals surface area contributed by atoms with Crippen LogP contribution < -0.4 is 10.2 Å². The number of nitrogens with one attached hydrogen (secondary N) is 1. The number of carbonyl (C=O) groups excluding carboxylic acids is 2. The molecule has 3 aromatic carbocycles. The first-order chi connectivity index (χ1) is 21.7. The highest BCUT2D eigenvalue weighted by Crippen LogP contribution is 2.28. The van der Waals surface area contributed by atoms with Crippen molar-refractivity contribution in [1.29, 1.82) is 0 Å². The van der Waals surface area contributed by atoms with Gasteiger partial charge in [0.1, 0.15) is 0 Å². The molecule has 2 fully saturated rings. The predicted molar refractivity (Wildman–Crippen MR) is 177 cm³/mol. The molecule has 2 saturated heterocycles. The van der Waals surface area contributed by atoms with Gasteiger partial charge in [-0.15, -0.1) is 0 Å². The van der Waals surface area contributed by atoms with Gasteiger partial charge in [0.05, 0.1) is 17.4 Å². The third-order valence-electron chi connectivity index (χ3n) is 8.53. The second kappa shape index (κ2) is 15.2. The van der Waals surface area contributed by atoms with Crippen molar-refractivity contribution in [1.82, 2.24) is 9.21 Å². The van der Waals surface area contributed by atoms with E-state index in [0.29, 0.717) is 29.8 Å². The number of ether oxygens (including phenoxy) is 1. The average molecular weight is 653 g/mol. The fourth-order valence-electron chi connectivity index (χ4n) is 5.87. The Morgan fingerprint density at radius 1 is 0.956 bits per heavy atom. The number of hydrogen-bond acceptors (Lipinski definition) is 6. The Balaban J connectivity index is 1.06. The number of benzene rings is 3. The van der Waals surface area contributed by atoms with Crippen LogP contribution in [0.2, 0.25) is 5.02 Å². The van der Waals surface area contributed by atoms with E-state index in [0.717, 1.165) is 56.6 Å². The van der Waals surface area contributed by atoms with Gasteiger partial charge in [0.2, 0.25) is 10.0 Å². The first-order valence-corrected chi connectivity index (χ1v) is 17.4. The fourth-order valence-corrected chi connectivity index (χ4v) is 7.53. The van der Waals surface area contributed by atoms with E-state index < -0.39 is 10.0 Å². The van der Waals surface area contributed by atoms with E-state index in [1.165, 1.54) is 4.31 Å². The molecular weight excluding hydrogens is 612 g/mol. The molecule has 2 heterocycles. The van der Waals surface area contributed by atoms with Crippen LogP contribution in [-0.4, -0.2) is 75.5 Å². The van der Waals surface area contributed by atoms with Crippen LogP contribution in [0.15, 0.2) is 83.8 Å². The first-order valence-electron chi connectivity index (χ1n) is 15.6. The summed E-state index contributed by atoms with van der Waals surface area (Å²) in [5, 5.41) is 3.60. The Hall–Kier alpha value is -3.44. The van der Waals surface area contributed by atoms with E-state index in [2.05, 4.69) is 10.2 Å². The van der Waals surface area contributed by atoms with Gasteiger partial charge in [-0.1, -0.05) is 41.9 Å². The normalized spacial score (nSPS) is 16.6. The molecular formula is C34H41ClN4O5S. The zero-order valence-electron chi connectivity index (χ0n) is 25.6. The summed E-state index contributed by atoms with van der Waals surface area (Å²) in [6.45, 7) is 5.87. The van der Waals surface area contributed by atoms with Gasteiger partial charge in [0.15, 0.2) is 0 Å². The lowest BCUT2D eigenvalue weighted by Crippen LogP contribution is -2.53. The van der Waals surface area contributed by atoms with Crippen molar-refractivity contribution in [3.63, 3.8) is 0 Å². The van der Waals surface area contributed by atoms with Gasteiger partial charge in [0.25, 0.3) is 0 Å². The van der Waals surface area contributed by atoms with E-state index in [9.17, 15) is 18.0 Å². The number of nitrogens with zero attached hydrogens (tertiary/aromatic N) is 3. The summed E-state index contributed by atoms with van der Waals surface area (Å²) in [7, 11) is -3.61. The van der Waals surface area contributed by atoms with Crippen molar-refractivity contribution in [2.24, 2.45) is 11.8 Å². The number of esters is 1. The minimum Gasteiger partial charge on any atom is -0.466 e. The van der Waals surface area contributed by atoms with Crippen LogP contribution in [-0.2, 0) is 26.0 Å². The van der Waals surface area contributed by atoms with Crippen LogP contribution in [0.5, 0.6) is 0 Å². The standard InChI is InChI=1S/C34H41ClN4O5S/c1-2-44-33(40)28-24-38(25-28)45(42,43)32-15-9-26(10-16-32)23-27-17-21-37(22-18-27)19-6-20-39(31-7-4-3-5-8-31)34(41)36-30-13-11-29(35)12-14-30/h3-5,7-16,27-28H,2,6,17-25H2,1H3,(H,36,41). The molecule has 45 heavy (non-hydrogen) atoms. The molecule has 0 aromatic heterocycles. The largest absolute Gasteiger partial charge is 0.466 e. The Labute approximate surface area is 271 Å². The zero-order chi connectivity index (χ0) is 31.8. The predicted octanol–water partition coefficient (Wildman–Crippen LogP) is 5.91. The van der Waals surface area contributed by atoms with E-state index in [1.54, 1.807) is 48.2 Å². The monoisotopic (exact) mass is 652 g/mol. The Morgan fingerprint density at radius 2 is 1.62 bits per heavy atom. The summed E-state index contributed by atoms with van der Waals surface area (Å²) in [4.78, 5) is 29.5. The number of carbonyl (C=O) groups is 2. The lowest BCUT2D eigenvalue weighted by molar-refractivity contribution is -0.151. The minimum atomic E-state index is -3.61. The van der Waals surface area contributed by atoms with Crippen LogP contribution in [0.1, 0.15) is 31.7 Å². The summed E-state index contributed by atoms with van der Waals surface area (Å²) in [6.07, 6.45) is 3.90. The number of para-hydroxylation sites is 1. The van der Waals surface area contributed by atoms with Crippen molar-refractivity contribution in [2.45, 2.75) is 37.5 Å². The maximum absolute atomic E-state index is 13.2. The average Bonchev–Trinajstić information content (AvgIpc) is 3.01. The Bertz CT molecular complexity index is 1520. The summed E-state index contributed by atoms with van der Waals surface area (Å²) in [6, 6.07) is 23.8. The smallest absolute Gasteiger partial charge is 0.326 e. The number of rotatable bonds is 12. The SMILES string of the molecule is CCOC(=O)C1CN(S(=O)(=O)c2ccc(CC3CCN(CCCN(C(=O)Nc4ccc(Cl)cc4)c4ccccc4)CC3)cc2)C1. The third kappa shape index (κ3) is 8.64. The quantitative estimate of drug-likeness (QED) is 0.245. The summed E-state index contributed by atoms with van der Waals surface area (Å²) in [5.74, 6) is -0.181. The summed E-state index contributed by atoms with van der Waals surface area (Å²) in [5.41, 5.74) is 2.68. The Kier molecular flexibility index (Phi) is 11.1. The van der Waals surface area contributed by atoms with Crippen molar-refractivity contribution in [3.05, 3.63) is 89.4 Å². The van der Waals surface area contributed by atoms with Gasteiger partial charge < -0.3 is 15.0 Å². The molecule has 0 unspecified atom stereocenters. The number of hydrogen-bond donors (Lipinski definition) is 1. The molecule has 0 atom stereocenters. The molecule has 0 saturated carbocycles. The number of sulfonamides is 1. The van der Waals surface area contributed by atoms with Crippen molar-refractivity contribution < 1.29 is 22.7 Å². The zero-order valence-corrected chi connectivity index (χ0v) is 27.2. The first kappa shape index (κ1) is 32.9. The van der Waals surface area contributed by atoms with Crippen LogP contribution in [0.25, 0.3) is 0 Å². The van der Waals surface area contributed by atoms with Gasteiger partial charge in [0, 0.05) is 36.0 Å². The van der Waals surface area contributed by atoms with E-state index in [4.69, 9.17) is 16.3 Å². The number of urea groups is 1. The number of amides is 2. The second-order valence-electron chi connectivity index (χ2n) is 11.7. The second-order valence-corrected chi connectivity index (χ2v) is 14.1. The molecule has 0 bridgehead atoms. The minimum absolute atomic E-state index is 0.169. The Morgan fingerprint density at radius 3 is 2.27 bits per heavy atom. The van der Waals surface area contributed by atoms with Gasteiger partial charge in [-0.05, 0) is 112 Å². The molecule has 2 amide bonds. The molecule has 1 N–H and O–H groups in total. The molecule has 240 valence electrons. The number of likely N-dealkylation sites (tertiary alicyclic amines) is 1. The maximum Gasteiger partial charge on any atom is 0.326 e. The highest BCUT2D eigenvalue weighted by molar-refractivity contribution is 7.89. The highest BCUT2D eigenvalue weighted by atomic mass is 35.5. The van der Waals surface area contributed by atoms with Crippen LogP contribution in [0, 0.1) is 11.8 Å². The van der Waals surface area contributed by atoms with Crippen molar-refractivity contribution >= 4 is 45.0 Å². The lowest BCUT2D eigenvalue weighted by atomic mass is 9.90. The molecule has 2 aliphatic heterocycles. The molecule has 11 heteroatoms. The van der Waals surface area contributed by atoms with Gasteiger partial charge in [-0.3, -0.25) is 9.69 Å². The van der Waals surface area contributed by atoms with E-state index in [1.807, 2.05) is 42.5 Å². The molecule has 3 aromatic rings. The molecule has 0 radical (unpaired) electrons. The fraction of sp³-hybridized carbons (Fsp3) is 0.412. The van der Waals surface area contributed by atoms with Gasteiger partial charge in [-0.25, -0.2) is 13.2 Å². The topological polar surface area (TPSA) is 99.3 Å². The lowest BCUT2D eigenvalue weighted by Gasteiger charge is -2.36. The van der Waals surface area contributed by atoms with Gasteiger partial charge >= 0.3 is 12.0 Å². The maximum atomic E-state index is 13.2. The molecule has 0 aliphatic carbocycles. The van der Waals surface area contributed by atoms with E-state index >= 15 is 0 Å². The van der Waals surface area contributed by atoms with Crippen LogP contribution in [0.4, 0.5) is 16.2 Å². The van der Waals surface area contributed by atoms with Gasteiger partial charge in [-0.2, -0.15) is 4.31 Å². The molecule has 5 rings (SSSR count). The van der Waals surface area contributed by atoms with Crippen molar-refractivity contribution in [3.8, 4) is 0 Å². The third-order valence-corrected chi connectivity index (χ3v) is 10.6. The molecule has 9 nitrogen and oxygen atoms in total. The van der Waals surface area contributed by atoms with Crippen LogP contribution in [0.3, 0.4) is 0 Å². The summed E-state index contributed by atoms with van der Waals surface area (Å²) >= 11 is 5.99. The number of anilines is 2. The van der Waals surface area contributed by atoms with Crippen molar-refractivity contribution in [2.75, 3.05) is 56.1 Å². The number of halogens is 1. The highest BCUT2D eigenvalue weighted by Gasteiger charge is 2.41.